The molecule has 0 saturated carbocycles. The van der Waals surface area contributed by atoms with Gasteiger partial charge in [0.25, 0.3) is 5.91 Å². The highest BCUT2D eigenvalue weighted by molar-refractivity contribution is 7.09. The van der Waals surface area contributed by atoms with Gasteiger partial charge in [-0.05, 0) is 37.0 Å². The van der Waals surface area contributed by atoms with Crippen LogP contribution in [-0.4, -0.2) is 46.7 Å². The van der Waals surface area contributed by atoms with Gasteiger partial charge < -0.3 is 9.80 Å². The average molecular weight is 482 g/mol. The number of aromatic nitrogens is 1. The number of amides is 2. The number of benzene rings is 2. The van der Waals surface area contributed by atoms with Gasteiger partial charge in [-0.1, -0.05) is 60.1 Å². The van der Waals surface area contributed by atoms with Crippen molar-refractivity contribution in [1.29, 1.82) is 0 Å². The van der Waals surface area contributed by atoms with E-state index in [0.29, 0.717) is 30.2 Å². The lowest BCUT2D eigenvalue weighted by Gasteiger charge is -2.31. The predicted molar refractivity (Wildman–Crippen MR) is 133 cm³/mol. The lowest BCUT2D eigenvalue weighted by molar-refractivity contribution is -0.131. The van der Waals surface area contributed by atoms with E-state index in [9.17, 15) is 9.59 Å². The molecular formula is C26H28ClN3O2S. The number of likely N-dealkylation sites (tertiary alicyclic amines) is 1. The molecule has 2 amide bonds. The summed E-state index contributed by atoms with van der Waals surface area (Å²) in [6.45, 7) is 3.42. The second-order valence-electron chi connectivity index (χ2n) is 8.50. The topological polar surface area (TPSA) is 53.5 Å². The Kier molecular flexibility index (Phi) is 7.46. The summed E-state index contributed by atoms with van der Waals surface area (Å²) in [5.74, 6) is 0.312. The standard InChI is InChI=1S/C26H28ClN3O2S/c1-18(19-8-4-3-5-9-19)29(2)26(32)23-17-33-25(28-23)20-12-14-30(15-13-20)24(31)16-21-10-6-7-11-22(21)27/h3-11,17-18,20H,12-16H2,1-2H3/t18-/m1/s1. The zero-order valence-corrected chi connectivity index (χ0v) is 20.5. The van der Waals surface area contributed by atoms with Crippen molar-refractivity contribution < 1.29 is 9.59 Å². The third-order valence-corrected chi connectivity index (χ3v) is 7.80. The summed E-state index contributed by atoms with van der Waals surface area (Å²) in [6.07, 6.45) is 2.03. The van der Waals surface area contributed by atoms with Gasteiger partial charge in [0.05, 0.1) is 17.5 Å². The number of carbonyl (C=O) groups excluding carboxylic acids is 2. The first-order valence-electron chi connectivity index (χ1n) is 11.2. The molecule has 3 aromatic rings. The Bertz CT molecular complexity index is 1110. The second kappa shape index (κ2) is 10.5. The van der Waals surface area contributed by atoms with Gasteiger partial charge in [0.1, 0.15) is 5.69 Å². The highest BCUT2D eigenvalue weighted by Crippen LogP contribution is 2.31. The van der Waals surface area contributed by atoms with E-state index in [-0.39, 0.29) is 23.8 Å². The molecule has 33 heavy (non-hydrogen) atoms. The van der Waals surface area contributed by atoms with E-state index in [0.717, 1.165) is 29.0 Å². The fourth-order valence-electron chi connectivity index (χ4n) is 4.18. The summed E-state index contributed by atoms with van der Waals surface area (Å²) in [5.41, 5.74) is 2.46. The Balaban J connectivity index is 1.33. The lowest BCUT2D eigenvalue weighted by atomic mass is 9.97. The van der Waals surface area contributed by atoms with Gasteiger partial charge in [0.2, 0.25) is 5.91 Å². The Morgan fingerprint density at radius 3 is 2.48 bits per heavy atom. The van der Waals surface area contributed by atoms with Crippen LogP contribution in [-0.2, 0) is 11.2 Å². The highest BCUT2D eigenvalue weighted by Gasteiger charge is 2.28. The van der Waals surface area contributed by atoms with Gasteiger partial charge >= 0.3 is 0 Å². The number of carbonyl (C=O) groups is 2. The summed E-state index contributed by atoms with van der Waals surface area (Å²) in [6, 6.07) is 17.5. The van der Waals surface area contributed by atoms with E-state index in [1.165, 1.54) is 0 Å². The van der Waals surface area contributed by atoms with E-state index in [1.807, 2.05) is 78.8 Å². The molecule has 1 saturated heterocycles. The number of hydrogen-bond acceptors (Lipinski definition) is 4. The van der Waals surface area contributed by atoms with Crippen molar-refractivity contribution in [3.05, 3.63) is 86.8 Å². The van der Waals surface area contributed by atoms with Crippen molar-refractivity contribution in [3.8, 4) is 0 Å². The quantitative estimate of drug-likeness (QED) is 0.462. The van der Waals surface area contributed by atoms with Crippen molar-refractivity contribution >= 4 is 34.8 Å². The van der Waals surface area contributed by atoms with E-state index < -0.39 is 0 Å². The molecule has 4 rings (SSSR count). The molecule has 7 heteroatoms. The monoisotopic (exact) mass is 481 g/mol. The number of hydrogen-bond donors (Lipinski definition) is 0. The van der Waals surface area contributed by atoms with Crippen LogP contribution >= 0.6 is 22.9 Å². The van der Waals surface area contributed by atoms with Crippen LogP contribution in [0.4, 0.5) is 0 Å². The summed E-state index contributed by atoms with van der Waals surface area (Å²) in [5, 5.41) is 3.48. The van der Waals surface area contributed by atoms with Gasteiger partial charge in [-0.15, -0.1) is 11.3 Å². The van der Waals surface area contributed by atoms with E-state index in [4.69, 9.17) is 11.6 Å². The Morgan fingerprint density at radius 1 is 1.12 bits per heavy atom. The molecule has 0 N–H and O–H groups in total. The van der Waals surface area contributed by atoms with Gasteiger partial charge in [-0.3, -0.25) is 9.59 Å². The summed E-state index contributed by atoms with van der Waals surface area (Å²) in [7, 11) is 1.82. The molecule has 1 aromatic heterocycles. The van der Waals surface area contributed by atoms with Crippen LogP contribution in [0.2, 0.25) is 5.02 Å². The molecule has 1 fully saturated rings. The Hall–Kier alpha value is -2.70. The fourth-order valence-corrected chi connectivity index (χ4v) is 5.35. The van der Waals surface area contributed by atoms with Gasteiger partial charge in [-0.2, -0.15) is 0 Å². The van der Waals surface area contributed by atoms with Crippen molar-refractivity contribution in [1.82, 2.24) is 14.8 Å². The van der Waals surface area contributed by atoms with Crippen LogP contribution in [0.25, 0.3) is 0 Å². The Labute approximate surface area is 204 Å². The lowest BCUT2D eigenvalue weighted by Crippen LogP contribution is -2.38. The molecule has 1 aliphatic rings. The van der Waals surface area contributed by atoms with Crippen molar-refractivity contribution in [2.45, 2.75) is 38.1 Å². The molecule has 1 atom stereocenters. The minimum absolute atomic E-state index is 0.0313. The van der Waals surface area contributed by atoms with Gasteiger partial charge in [0, 0.05) is 36.5 Å². The summed E-state index contributed by atoms with van der Waals surface area (Å²) < 4.78 is 0. The Morgan fingerprint density at radius 2 is 1.79 bits per heavy atom. The smallest absolute Gasteiger partial charge is 0.273 e. The van der Waals surface area contributed by atoms with E-state index in [2.05, 4.69) is 4.98 Å². The number of rotatable bonds is 6. The first-order chi connectivity index (χ1) is 15.9. The van der Waals surface area contributed by atoms with E-state index in [1.54, 1.807) is 16.2 Å². The molecular weight excluding hydrogens is 454 g/mol. The molecule has 2 aromatic carbocycles. The normalized spacial score (nSPS) is 15.3. The van der Waals surface area contributed by atoms with Gasteiger partial charge in [0.15, 0.2) is 0 Å². The maximum atomic E-state index is 13.0. The van der Waals surface area contributed by atoms with Crippen molar-refractivity contribution in [2.75, 3.05) is 20.1 Å². The number of piperidine rings is 1. The minimum Gasteiger partial charge on any atom is -0.342 e. The first kappa shape index (κ1) is 23.5. The fraction of sp³-hybridized carbons (Fsp3) is 0.346. The molecule has 1 aliphatic heterocycles. The number of halogens is 1. The SMILES string of the molecule is C[C@H](c1ccccc1)N(C)C(=O)c1csc(C2CCN(C(=O)Cc3ccccc3Cl)CC2)n1. The first-order valence-corrected chi connectivity index (χ1v) is 12.5. The highest BCUT2D eigenvalue weighted by atomic mass is 35.5. The molecule has 0 spiro atoms. The maximum Gasteiger partial charge on any atom is 0.273 e. The third-order valence-electron chi connectivity index (χ3n) is 6.42. The summed E-state index contributed by atoms with van der Waals surface area (Å²) in [4.78, 5) is 34.1. The van der Waals surface area contributed by atoms with Gasteiger partial charge in [-0.25, -0.2) is 4.98 Å². The number of nitrogens with zero attached hydrogens (tertiary/aromatic N) is 3. The zero-order chi connectivity index (χ0) is 23.4. The molecule has 0 radical (unpaired) electrons. The zero-order valence-electron chi connectivity index (χ0n) is 18.9. The second-order valence-corrected chi connectivity index (χ2v) is 9.79. The molecule has 0 unspecified atom stereocenters. The van der Waals surface area contributed by atoms with Crippen molar-refractivity contribution in [3.63, 3.8) is 0 Å². The minimum atomic E-state index is -0.0683. The van der Waals surface area contributed by atoms with Crippen LogP contribution in [0.5, 0.6) is 0 Å². The molecule has 0 bridgehead atoms. The maximum absolute atomic E-state index is 13.0. The van der Waals surface area contributed by atoms with Crippen LogP contribution in [0.3, 0.4) is 0 Å². The molecule has 172 valence electrons. The summed E-state index contributed by atoms with van der Waals surface area (Å²) >= 11 is 7.75. The van der Waals surface area contributed by atoms with E-state index >= 15 is 0 Å². The van der Waals surface area contributed by atoms with Crippen LogP contribution in [0.1, 0.15) is 58.3 Å². The molecule has 2 heterocycles. The van der Waals surface area contributed by atoms with Crippen LogP contribution < -0.4 is 0 Å². The third kappa shape index (κ3) is 5.45. The average Bonchev–Trinajstić information content (AvgIpc) is 3.35. The molecule has 5 nitrogen and oxygen atoms in total. The largest absolute Gasteiger partial charge is 0.342 e. The van der Waals surface area contributed by atoms with Crippen LogP contribution in [0.15, 0.2) is 60.0 Å². The number of thiazole rings is 1. The predicted octanol–water partition coefficient (Wildman–Crippen LogP) is 5.58. The van der Waals surface area contributed by atoms with Crippen LogP contribution in [0, 0.1) is 0 Å². The molecule has 0 aliphatic carbocycles. The van der Waals surface area contributed by atoms with Crippen molar-refractivity contribution in [2.24, 2.45) is 0 Å².